The van der Waals surface area contributed by atoms with E-state index in [-0.39, 0.29) is 13.2 Å². The number of hydrogen-bond donors (Lipinski definition) is 1. The topological polar surface area (TPSA) is 55.8 Å². The van der Waals surface area contributed by atoms with Gasteiger partial charge in [-0.1, -0.05) is 0 Å². The number of carboxylic acid groups (broad SMARTS) is 1. The molecule has 0 amide bonds. The van der Waals surface area contributed by atoms with Crippen LogP contribution in [0.5, 0.6) is 5.75 Å². The fourth-order valence-electron chi connectivity index (χ4n) is 1.38. The first kappa shape index (κ1) is 11.3. The summed E-state index contributed by atoms with van der Waals surface area (Å²) in [6.45, 7) is 0.526. The van der Waals surface area contributed by atoms with E-state index >= 15 is 0 Å². The Kier molecular flexibility index (Phi) is 3.07. The van der Waals surface area contributed by atoms with Crippen molar-refractivity contribution < 1.29 is 19.4 Å². The molecular weight excluding hydrogens is 228 g/mol. The maximum atomic E-state index is 11.1. The zero-order chi connectivity index (χ0) is 11.6. The van der Waals surface area contributed by atoms with Crippen LogP contribution < -0.4 is 4.74 Å². The van der Waals surface area contributed by atoms with E-state index in [1.165, 1.54) is 11.8 Å². The van der Waals surface area contributed by atoms with Crippen molar-refractivity contribution in [2.45, 2.75) is 9.64 Å². The fourth-order valence-corrected chi connectivity index (χ4v) is 2.48. The normalized spacial score (nSPS) is 17.6. The van der Waals surface area contributed by atoms with Crippen LogP contribution in [0.3, 0.4) is 0 Å². The van der Waals surface area contributed by atoms with Gasteiger partial charge in [0.1, 0.15) is 5.75 Å². The third-order valence-electron chi connectivity index (χ3n) is 2.43. The Morgan fingerprint density at radius 3 is 2.44 bits per heavy atom. The number of rotatable bonds is 4. The highest BCUT2D eigenvalue weighted by Gasteiger charge is 2.47. The number of hydrogen-bond acceptors (Lipinski definition) is 4. The molecule has 5 heteroatoms. The van der Waals surface area contributed by atoms with Crippen molar-refractivity contribution >= 4 is 17.7 Å². The van der Waals surface area contributed by atoms with Gasteiger partial charge in [0.25, 0.3) is 0 Å². The summed E-state index contributed by atoms with van der Waals surface area (Å²) in [5.41, 5.74) is 0. The number of benzene rings is 1. The molecule has 4 nitrogen and oxygen atoms in total. The Bertz CT molecular complexity index is 383. The lowest BCUT2D eigenvalue weighted by Gasteiger charge is -2.36. The van der Waals surface area contributed by atoms with E-state index in [0.29, 0.717) is 0 Å². The maximum Gasteiger partial charge on any atom is 0.324 e. The molecule has 16 heavy (non-hydrogen) atoms. The fraction of sp³-hybridized carbons (Fsp3) is 0.364. The van der Waals surface area contributed by atoms with Gasteiger partial charge in [-0.05, 0) is 24.3 Å². The summed E-state index contributed by atoms with van der Waals surface area (Å²) in [4.78, 5) is 12.0. The molecule has 0 radical (unpaired) electrons. The molecule has 1 fully saturated rings. The van der Waals surface area contributed by atoms with Gasteiger partial charge < -0.3 is 14.6 Å². The predicted molar refractivity (Wildman–Crippen MR) is 60.0 cm³/mol. The minimum atomic E-state index is -0.820. The monoisotopic (exact) mass is 240 g/mol. The summed E-state index contributed by atoms with van der Waals surface area (Å²) < 4.78 is 9.22. The molecule has 1 aromatic rings. The van der Waals surface area contributed by atoms with Gasteiger partial charge >= 0.3 is 5.97 Å². The molecule has 1 aliphatic rings. The third kappa shape index (κ3) is 2.01. The number of aliphatic carboxylic acids is 1. The molecule has 0 aliphatic carbocycles. The summed E-state index contributed by atoms with van der Waals surface area (Å²) in [5.74, 6) is -0.0573. The Labute approximate surface area is 97.6 Å². The van der Waals surface area contributed by atoms with Crippen molar-refractivity contribution in [2.75, 3.05) is 20.3 Å². The number of thioether (sulfide) groups is 1. The molecule has 1 N–H and O–H groups in total. The van der Waals surface area contributed by atoms with Crippen LogP contribution in [-0.2, 0) is 9.53 Å². The van der Waals surface area contributed by atoms with Crippen LogP contribution >= 0.6 is 11.8 Å². The van der Waals surface area contributed by atoms with Crippen LogP contribution in [0.1, 0.15) is 0 Å². The summed E-state index contributed by atoms with van der Waals surface area (Å²) >= 11 is 1.33. The van der Waals surface area contributed by atoms with Gasteiger partial charge in [-0.25, -0.2) is 0 Å². The van der Waals surface area contributed by atoms with Crippen LogP contribution in [-0.4, -0.2) is 36.1 Å². The molecule has 0 spiro atoms. The molecular formula is C11H12O4S. The van der Waals surface area contributed by atoms with E-state index < -0.39 is 10.7 Å². The maximum absolute atomic E-state index is 11.1. The standard InChI is InChI=1S/C11H12O4S/c1-14-8-2-4-9(5-3-8)16-11(10(12)13)6-15-7-11/h2-5H,6-7H2,1H3,(H,12,13). The van der Waals surface area contributed by atoms with Crippen molar-refractivity contribution in [1.82, 2.24) is 0 Å². The van der Waals surface area contributed by atoms with Crippen molar-refractivity contribution in [1.29, 1.82) is 0 Å². The van der Waals surface area contributed by atoms with Crippen molar-refractivity contribution in [3.05, 3.63) is 24.3 Å². The third-order valence-corrected chi connectivity index (χ3v) is 3.74. The highest BCUT2D eigenvalue weighted by molar-refractivity contribution is 8.01. The minimum absolute atomic E-state index is 0.263. The van der Waals surface area contributed by atoms with Crippen molar-refractivity contribution in [3.8, 4) is 5.75 Å². The van der Waals surface area contributed by atoms with Crippen molar-refractivity contribution in [3.63, 3.8) is 0 Å². The van der Waals surface area contributed by atoms with Gasteiger partial charge in [-0.3, -0.25) is 4.79 Å². The van der Waals surface area contributed by atoms with E-state index in [0.717, 1.165) is 10.6 Å². The molecule has 2 rings (SSSR count). The van der Waals surface area contributed by atoms with Gasteiger partial charge in [-0.2, -0.15) is 0 Å². The first-order valence-electron chi connectivity index (χ1n) is 4.80. The number of carbonyl (C=O) groups is 1. The Morgan fingerprint density at radius 2 is 2.06 bits per heavy atom. The van der Waals surface area contributed by atoms with E-state index in [1.807, 2.05) is 24.3 Å². The lowest BCUT2D eigenvalue weighted by atomic mass is 10.1. The summed E-state index contributed by atoms with van der Waals surface area (Å²) in [6, 6.07) is 7.34. The zero-order valence-corrected chi connectivity index (χ0v) is 9.62. The van der Waals surface area contributed by atoms with Gasteiger partial charge in [0.2, 0.25) is 0 Å². The second-order valence-electron chi connectivity index (χ2n) is 3.57. The van der Waals surface area contributed by atoms with E-state index in [1.54, 1.807) is 7.11 Å². The first-order valence-corrected chi connectivity index (χ1v) is 5.62. The molecule has 0 saturated carbocycles. The Balaban J connectivity index is 2.10. The van der Waals surface area contributed by atoms with E-state index in [9.17, 15) is 4.79 Å². The first-order chi connectivity index (χ1) is 7.66. The number of carboxylic acids is 1. The number of methoxy groups -OCH3 is 1. The van der Waals surface area contributed by atoms with Gasteiger partial charge in [-0.15, -0.1) is 11.8 Å². The van der Waals surface area contributed by atoms with Crippen LogP contribution in [0.2, 0.25) is 0 Å². The summed E-state index contributed by atoms with van der Waals surface area (Å²) in [6.07, 6.45) is 0. The molecule has 1 saturated heterocycles. The van der Waals surface area contributed by atoms with Gasteiger partial charge in [0.15, 0.2) is 4.75 Å². The highest BCUT2D eigenvalue weighted by Crippen LogP contribution is 2.39. The molecule has 0 bridgehead atoms. The smallest absolute Gasteiger partial charge is 0.324 e. The predicted octanol–water partition coefficient (Wildman–Crippen LogP) is 1.64. The average molecular weight is 240 g/mol. The lowest BCUT2D eigenvalue weighted by Crippen LogP contribution is -2.53. The molecule has 0 unspecified atom stereocenters. The average Bonchev–Trinajstić information content (AvgIpc) is 2.24. The molecule has 0 atom stereocenters. The van der Waals surface area contributed by atoms with E-state index in [2.05, 4.69) is 0 Å². The van der Waals surface area contributed by atoms with Crippen LogP contribution in [0.25, 0.3) is 0 Å². The lowest BCUT2D eigenvalue weighted by molar-refractivity contribution is -0.151. The number of ether oxygens (including phenoxy) is 2. The molecule has 0 aromatic heterocycles. The summed E-state index contributed by atoms with van der Waals surface area (Å²) in [5, 5.41) is 9.12. The van der Waals surface area contributed by atoms with Gasteiger partial charge in [0, 0.05) is 4.90 Å². The van der Waals surface area contributed by atoms with Gasteiger partial charge in [0.05, 0.1) is 20.3 Å². The van der Waals surface area contributed by atoms with Crippen LogP contribution in [0.15, 0.2) is 29.2 Å². The Hall–Kier alpha value is -1.20. The molecule has 1 aliphatic heterocycles. The highest BCUT2D eigenvalue weighted by atomic mass is 32.2. The SMILES string of the molecule is COc1ccc(SC2(C(=O)O)COC2)cc1. The zero-order valence-electron chi connectivity index (χ0n) is 8.80. The van der Waals surface area contributed by atoms with Crippen LogP contribution in [0, 0.1) is 0 Å². The van der Waals surface area contributed by atoms with Crippen molar-refractivity contribution in [2.24, 2.45) is 0 Å². The Morgan fingerprint density at radius 1 is 1.44 bits per heavy atom. The molecule has 86 valence electrons. The largest absolute Gasteiger partial charge is 0.497 e. The quantitative estimate of drug-likeness (QED) is 0.867. The summed E-state index contributed by atoms with van der Waals surface area (Å²) in [7, 11) is 1.60. The second-order valence-corrected chi connectivity index (χ2v) is 5.03. The van der Waals surface area contributed by atoms with Crippen LogP contribution in [0.4, 0.5) is 0 Å². The molecule has 1 heterocycles. The minimum Gasteiger partial charge on any atom is -0.497 e. The molecule has 1 aromatic carbocycles. The second kappa shape index (κ2) is 4.35. The van der Waals surface area contributed by atoms with E-state index in [4.69, 9.17) is 14.6 Å².